The first kappa shape index (κ1) is 11.9. The van der Waals surface area contributed by atoms with Gasteiger partial charge in [0.05, 0.1) is 0 Å². The molecule has 1 aromatic heterocycles. The second-order valence-electron chi connectivity index (χ2n) is 3.54. The molecule has 1 aromatic carbocycles. The number of rotatable bonds is 3. The number of aromatic carboxylic acids is 1. The van der Waals surface area contributed by atoms with Crippen molar-refractivity contribution in [3.05, 3.63) is 40.1 Å². The lowest BCUT2D eigenvalue weighted by molar-refractivity contribution is 0.0652. The number of halogens is 1. The van der Waals surface area contributed by atoms with E-state index in [1.807, 2.05) is 25.1 Å². The highest BCUT2D eigenvalue weighted by Crippen LogP contribution is 2.26. The molecule has 0 saturated heterocycles. The molecule has 0 aliphatic rings. The van der Waals surface area contributed by atoms with Gasteiger partial charge >= 0.3 is 5.97 Å². The number of carbonyl (C=O) groups is 1. The summed E-state index contributed by atoms with van der Waals surface area (Å²) < 4.78 is 5.74. The van der Waals surface area contributed by atoms with Gasteiger partial charge < -0.3 is 9.63 Å². The van der Waals surface area contributed by atoms with Crippen molar-refractivity contribution in [2.45, 2.75) is 13.3 Å². The maximum absolute atomic E-state index is 10.7. The molecule has 0 radical (unpaired) electrons. The summed E-state index contributed by atoms with van der Waals surface area (Å²) in [6.45, 7) is 2.03. The van der Waals surface area contributed by atoms with Gasteiger partial charge in [0.25, 0.3) is 0 Å². The average Bonchev–Trinajstić information content (AvgIpc) is 2.78. The molecule has 0 atom stereocenters. The van der Waals surface area contributed by atoms with E-state index >= 15 is 0 Å². The van der Waals surface area contributed by atoms with Crippen molar-refractivity contribution in [1.29, 1.82) is 0 Å². The van der Waals surface area contributed by atoms with Gasteiger partial charge in [-0.2, -0.15) is 0 Å². The summed E-state index contributed by atoms with van der Waals surface area (Å²) in [4.78, 5) is 10.7. The molecule has 0 fully saturated rings. The molecule has 2 aromatic rings. The zero-order valence-electron chi connectivity index (χ0n) is 9.11. The van der Waals surface area contributed by atoms with E-state index in [1.165, 1.54) is 6.07 Å². The molecule has 0 amide bonds. The molecule has 88 valence electrons. The minimum absolute atomic E-state index is 0.148. The quantitative estimate of drug-likeness (QED) is 0.943. The smallest absolute Gasteiger partial charge is 0.374 e. The van der Waals surface area contributed by atoms with Crippen LogP contribution in [0, 0.1) is 0 Å². The maximum Gasteiger partial charge on any atom is 0.374 e. The minimum atomic E-state index is -1.11. The molecule has 4 nitrogen and oxygen atoms in total. The number of carboxylic acid groups (broad SMARTS) is 1. The van der Waals surface area contributed by atoms with Gasteiger partial charge in [-0.3, -0.25) is 0 Å². The Morgan fingerprint density at radius 2 is 2.24 bits per heavy atom. The van der Waals surface area contributed by atoms with Crippen molar-refractivity contribution in [1.82, 2.24) is 5.16 Å². The van der Waals surface area contributed by atoms with E-state index in [0.717, 1.165) is 22.0 Å². The van der Waals surface area contributed by atoms with Crippen LogP contribution in [0.4, 0.5) is 0 Å². The van der Waals surface area contributed by atoms with E-state index in [4.69, 9.17) is 9.63 Å². The van der Waals surface area contributed by atoms with Gasteiger partial charge in [0.2, 0.25) is 5.76 Å². The van der Waals surface area contributed by atoms with Crippen LogP contribution in [0.25, 0.3) is 11.3 Å². The highest BCUT2D eigenvalue weighted by atomic mass is 79.9. The van der Waals surface area contributed by atoms with Gasteiger partial charge in [0.1, 0.15) is 5.69 Å². The third-order valence-corrected chi connectivity index (χ3v) is 2.94. The van der Waals surface area contributed by atoms with E-state index in [1.54, 1.807) is 0 Å². The van der Waals surface area contributed by atoms with Crippen LogP contribution >= 0.6 is 15.9 Å². The Kier molecular flexibility index (Phi) is 3.28. The van der Waals surface area contributed by atoms with Gasteiger partial charge in [-0.1, -0.05) is 34.1 Å². The first-order chi connectivity index (χ1) is 8.11. The topological polar surface area (TPSA) is 63.3 Å². The molecule has 1 heterocycles. The predicted octanol–water partition coefficient (Wildman–Crippen LogP) is 3.36. The van der Waals surface area contributed by atoms with Gasteiger partial charge in [0, 0.05) is 16.1 Å². The number of aromatic nitrogens is 1. The molecule has 0 aliphatic carbocycles. The van der Waals surface area contributed by atoms with Crippen molar-refractivity contribution in [2.24, 2.45) is 0 Å². The van der Waals surface area contributed by atoms with E-state index in [-0.39, 0.29) is 5.76 Å². The number of hydrogen-bond donors (Lipinski definition) is 1. The highest BCUT2D eigenvalue weighted by Gasteiger charge is 2.14. The number of nitrogens with zero attached hydrogens (tertiary/aromatic N) is 1. The van der Waals surface area contributed by atoms with Crippen molar-refractivity contribution >= 4 is 21.9 Å². The first-order valence-electron chi connectivity index (χ1n) is 5.10. The maximum atomic E-state index is 10.7. The lowest BCUT2D eigenvalue weighted by Crippen LogP contribution is -1.92. The third-order valence-electron chi connectivity index (χ3n) is 2.45. The van der Waals surface area contributed by atoms with Crippen LogP contribution in [0.2, 0.25) is 0 Å². The SMILES string of the molecule is CCc1cc(Br)ccc1-c1cc(C(=O)O)on1. The van der Waals surface area contributed by atoms with Gasteiger partial charge in [-0.15, -0.1) is 0 Å². The Hall–Kier alpha value is -1.62. The second-order valence-corrected chi connectivity index (χ2v) is 4.45. The average molecular weight is 296 g/mol. The van der Waals surface area contributed by atoms with Crippen LogP contribution in [0.5, 0.6) is 0 Å². The molecule has 2 rings (SSSR count). The Balaban J connectivity index is 2.48. The van der Waals surface area contributed by atoms with E-state index < -0.39 is 5.97 Å². The van der Waals surface area contributed by atoms with Crippen LogP contribution in [0.1, 0.15) is 23.0 Å². The summed E-state index contributed by atoms with van der Waals surface area (Å²) in [6.07, 6.45) is 0.837. The van der Waals surface area contributed by atoms with Crippen molar-refractivity contribution in [3.63, 3.8) is 0 Å². The lowest BCUT2D eigenvalue weighted by Gasteiger charge is -2.04. The second kappa shape index (κ2) is 4.71. The zero-order chi connectivity index (χ0) is 12.4. The first-order valence-corrected chi connectivity index (χ1v) is 5.90. The largest absolute Gasteiger partial charge is 0.475 e. The van der Waals surface area contributed by atoms with Gasteiger partial charge in [0.15, 0.2) is 0 Å². The number of carboxylic acids is 1. The van der Waals surface area contributed by atoms with Crippen molar-refractivity contribution < 1.29 is 14.4 Å². The molecular weight excluding hydrogens is 286 g/mol. The molecule has 0 bridgehead atoms. The summed E-state index contributed by atoms with van der Waals surface area (Å²) in [5.74, 6) is -1.26. The van der Waals surface area contributed by atoms with Crippen LogP contribution in [0.15, 0.2) is 33.3 Å². The fourth-order valence-electron chi connectivity index (χ4n) is 1.61. The normalized spacial score (nSPS) is 10.5. The van der Waals surface area contributed by atoms with Crippen LogP contribution in [0.3, 0.4) is 0 Å². The number of hydrogen-bond acceptors (Lipinski definition) is 3. The molecule has 0 spiro atoms. The van der Waals surface area contributed by atoms with E-state index in [9.17, 15) is 4.79 Å². The Bertz CT molecular complexity index is 563. The number of benzene rings is 1. The predicted molar refractivity (Wildman–Crippen MR) is 66.0 cm³/mol. The Morgan fingerprint density at radius 3 is 2.82 bits per heavy atom. The van der Waals surface area contributed by atoms with Crippen molar-refractivity contribution in [3.8, 4) is 11.3 Å². The fraction of sp³-hybridized carbons (Fsp3) is 0.167. The van der Waals surface area contributed by atoms with Crippen LogP contribution in [-0.4, -0.2) is 16.2 Å². The van der Waals surface area contributed by atoms with Gasteiger partial charge in [-0.25, -0.2) is 4.79 Å². The summed E-state index contributed by atoms with van der Waals surface area (Å²) in [5, 5.41) is 12.5. The van der Waals surface area contributed by atoms with E-state index in [0.29, 0.717) is 5.69 Å². The Labute approximate surface area is 106 Å². The van der Waals surface area contributed by atoms with E-state index in [2.05, 4.69) is 21.1 Å². The summed E-state index contributed by atoms with van der Waals surface area (Å²) >= 11 is 3.40. The Morgan fingerprint density at radius 1 is 1.47 bits per heavy atom. The molecule has 17 heavy (non-hydrogen) atoms. The zero-order valence-corrected chi connectivity index (χ0v) is 10.7. The summed E-state index contributed by atoms with van der Waals surface area (Å²) in [5.41, 5.74) is 2.53. The lowest BCUT2D eigenvalue weighted by atomic mass is 10.0. The summed E-state index contributed by atoms with van der Waals surface area (Å²) in [7, 11) is 0. The van der Waals surface area contributed by atoms with Gasteiger partial charge in [-0.05, 0) is 24.1 Å². The van der Waals surface area contributed by atoms with Crippen LogP contribution in [-0.2, 0) is 6.42 Å². The minimum Gasteiger partial charge on any atom is -0.475 e. The third kappa shape index (κ3) is 2.39. The molecule has 0 saturated carbocycles. The monoisotopic (exact) mass is 295 g/mol. The number of aryl methyl sites for hydroxylation is 1. The highest BCUT2D eigenvalue weighted by molar-refractivity contribution is 9.10. The van der Waals surface area contributed by atoms with Crippen LogP contribution < -0.4 is 0 Å². The molecule has 1 N–H and O–H groups in total. The standard InChI is InChI=1S/C12H10BrNO3/c1-2-7-5-8(13)3-4-9(7)10-6-11(12(15)16)17-14-10/h3-6H,2H2,1H3,(H,15,16). The van der Waals surface area contributed by atoms with Crippen molar-refractivity contribution in [2.75, 3.05) is 0 Å². The molecule has 0 aliphatic heterocycles. The molecular formula is C12H10BrNO3. The fourth-order valence-corrected chi connectivity index (χ4v) is 2.02. The summed E-state index contributed by atoms with van der Waals surface area (Å²) in [6, 6.07) is 7.21. The molecule has 5 heteroatoms. The molecule has 0 unspecified atom stereocenters.